The molecule has 1 heterocycles. The topological polar surface area (TPSA) is 117 Å². The van der Waals surface area contributed by atoms with Crippen LogP contribution < -0.4 is 10.5 Å². The highest BCUT2D eigenvalue weighted by atomic mass is 32.2. The van der Waals surface area contributed by atoms with E-state index in [-0.39, 0.29) is 0 Å². The molecule has 0 aliphatic carbocycles. The molecule has 35 heavy (non-hydrogen) atoms. The molecule has 3 N–H and O–H groups in total. The van der Waals surface area contributed by atoms with Gasteiger partial charge in [-0.3, -0.25) is 9.59 Å². The van der Waals surface area contributed by atoms with Crippen LogP contribution in [0.2, 0.25) is 0 Å². The van der Waals surface area contributed by atoms with Crippen molar-refractivity contribution in [1.82, 2.24) is 0 Å². The lowest BCUT2D eigenvalue weighted by atomic mass is 9.90. The first-order valence-electron chi connectivity index (χ1n) is 11.5. The van der Waals surface area contributed by atoms with Gasteiger partial charge in [-0.1, -0.05) is 30.3 Å². The highest BCUT2D eigenvalue weighted by molar-refractivity contribution is 7.99. The van der Waals surface area contributed by atoms with Gasteiger partial charge in [0.05, 0.1) is 0 Å². The van der Waals surface area contributed by atoms with Gasteiger partial charge in [-0.2, -0.15) is 0 Å². The number of carbonyl (C=O) groups is 2. The van der Waals surface area contributed by atoms with Crippen LogP contribution in [0, 0.1) is 6.92 Å². The van der Waals surface area contributed by atoms with Crippen molar-refractivity contribution >= 4 is 23.7 Å². The van der Waals surface area contributed by atoms with Crippen LogP contribution in [0.1, 0.15) is 42.2 Å². The van der Waals surface area contributed by atoms with Gasteiger partial charge in [-0.15, -0.1) is 11.8 Å². The number of aliphatic hydroxyl groups excluding tert-OH is 1. The van der Waals surface area contributed by atoms with E-state index in [1.165, 1.54) is 25.6 Å². The Morgan fingerprint density at radius 1 is 1.06 bits per heavy atom. The van der Waals surface area contributed by atoms with Gasteiger partial charge in [0.1, 0.15) is 30.0 Å². The van der Waals surface area contributed by atoms with Crippen LogP contribution in [-0.2, 0) is 30.2 Å². The summed E-state index contributed by atoms with van der Waals surface area (Å²) in [7, 11) is 0. The molecular weight excluding hydrogens is 470 g/mol. The molecule has 1 fully saturated rings. The van der Waals surface area contributed by atoms with Crippen LogP contribution >= 0.6 is 11.8 Å². The Morgan fingerprint density at radius 2 is 1.71 bits per heavy atom. The third kappa shape index (κ3) is 6.98. The summed E-state index contributed by atoms with van der Waals surface area (Å²) in [5, 5.41) is 11.0. The highest BCUT2D eigenvalue weighted by Crippen LogP contribution is 2.39. The molecule has 1 saturated heterocycles. The summed E-state index contributed by atoms with van der Waals surface area (Å²) in [5.41, 5.74) is 8.89. The van der Waals surface area contributed by atoms with E-state index in [0.29, 0.717) is 19.6 Å². The molecule has 0 spiro atoms. The van der Waals surface area contributed by atoms with Crippen LogP contribution in [0.5, 0.6) is 5.75 Å². The molecule has 5 atom stereocenters. The summed E-state index contributed by atoms with van der Waals surface area (Å²) in [6.07, 6.45) is -1.50. The van der Waals surface area contributed by atoms with Gasteiger partial charge >= 0.3 is 11.9 Å². The number of rotatable bonds is 9. The molecule has 1 aliphatic heterocycles. The number of nitrogens with two attached hydrogens (primary N) is 1. The van der Waals surface area contributed by atoms with Gasteiger partial charge in [0.25, 0.3) is 0 Å². The van der Waals surface area contributed by atoms with Gasteiger partial charge in [0.2, 0.25) is 0 Å². The molecular formula is C26H33NO7S. The van der Waals surface area contributed by atoms with Crippen molar-refractivity contribution in [2.45, 2.75) is 57.0 Å². The zero-order valence-corrected chi connectivity index (χ0v) is 21.2. The van der Waals surface area contributed by atoms with Crippen molar-refractivity contribution < 1.29 is 33.6 Å². The number of aliphatic hydroxyl groups is 1. The maximum atomic E-state index is 11.9. The molecule has 0 amide bonds. The van der Waals surface area contributed by atoms with E-state index in [0.717, 1.165) is 28.0 Å². The first-order valence-corrected chi connectivity index (χ1v) is 12.7. The number of hydrogen-bond donors (Lipinski definition) is 2. The minimum atomic E-state index is -1.25. The Labute approximate surface area is 210 Å². The second-order valence-electron chi connectivity index (χ2n) is 8.44. The molecule has 0 saturated carbocycles. The van der Waals surface area contributed by atoms with Crippen LogP contribution in [0.25, 0.3) is 0 Å². The van der Waals surface area contributed by atoms with E-state index < -0.39 is 41.8 Å². The van der Waals surface area contributed by atoms with E-state index in [4.69, 9.17) is 24.7 Å². The van der Waals surface area contributed by atoms with E-state index in [2.05, 4.69) is 0 Å². The lowest BCUT2D eigenvalue weighted by Crippen LogP contribution is -2.55. The van der Waals surface area contributed by atoms with Gasteiger partial charge in [0.15, 0.2) is 12.2 Å². The molecule has 9 heteroatoms. The fraction of sp³-hybridized carbons (Fsp3) is 0.462. The third-order valence-electron chi connectivity index (χ3n) is 5.76. The van der Waals surface area contributed by atoms with Crippen molar-refractivity contribution in [2.75, 3.05) is 19.4 Å². The smallest absolute Gasteiger partial charge is 0.303 e. The molecule has 3 rings (SSSR count). The summed E-state index contributed by atoms with van der Waals surface area (Å²) in [6, 6.07) is 13.7. The average Bonchev–Trinajstić information content (AvgIpc) is 2.82. The fourth-order valence-corrected chi connectivity index (χ4v) is 4.80. The van der Waals surface area contributed by atoms with Crippen molar-refractivity contribution in [3.05, 3.63) is 64.7 Å². The van der Waals surface area contributed by atoms with E-state index in [1.54, 1.807) is 6.26 Å². The van der Waals surface area contributed by atoms with E-state index >= 15 is 0 Å². The molecule has 1 aliphatic rings. The van der Waals surface area contributed by atoms with Crippen LogP contribution in [0.15, 0.2) is 42.5 Å². The standard InChI is InChI=1S/C26H33NO7S/c1-15-5-8-19(14-20(15)13-18-6-9-21(10-7-18)31-12-11-27)23-24(32-16(2)28)22(30)25(33-17(3)29)26(34-23)35-4/h5-10,14,22-26,30H,11-13,27H2,1-4H3/t22-,23+,24-,25+,26-/m1/s1. The number of aryl methyl sites for hydroxylation is 1. The molecule has 2 aromatic rings. The molecule has 0 unspecified atom stereocenters. The minimum Gasteiger partial charge on any atom is -0.492 e. The average molecular weight is 504 g/mol. The maximum Gasteiger partial charge on any atom is 0.303 e. The predicted molar refractivity (Wildman–Crippen MR) is 133 cm³/mol. The Morgan fingerprint density at radius 3 is 2.31 bits per heavy atom. The molecule has 2 aromatic carbocycles. The second kappa shape index (κ2) is 12.4. The number of benzene rings is 2. The number of esters is 2. The number of ether oxygens (including phenoxy) is 4. The second-order valence-corrected chi connectivity index (χ2v) is 9.38. The van der Waals surface area contributed by atoms with Crippen molar-refractivity contribution in [2.24, 2.45) is 5.73 Å². The van der Waals surface area contributed by atoms with E-state index in [9.17, 15) is 14.7 Å². The van der Waals surface area contributed by atoms with Gasteiger partial charge < -0.3 is 29.8 Å². The quantitative estimate of drug-likeness (QED) is 0.498. The van der Waals surface area contributed by atoms with Gasteiger partial charge in [0, 0.05) is 20.4 Å². The Kier molecular flexibility index (Phi) is 9.56. The van der Waals surface area contributed by atoms with Gasteiger partial charge in [-0.25, -0.2) is 0 Å². The summed E-state index contributed by atoms with van der Waals surface area (Å²) >= 11 is 1.32. The lowest BCUT2D eigenvalue weighted by molar-refractivity contribution is -0.224. The van der Waals surface area contributed by atoms with Gasteiger partial charge in [-0.05, 0) is 54.0 Å². The zero-order valence-electron chi connectivity index (χ0n) is 20.4. The lowest BCUT2D eigenvalue weighted by Gasteiger charge is -2.43. The number of carbonyl (C=O) groups excluding carboxylic acids is 2. The number of hydrogen-bond acceptors (Lipinski definition) is 9. The first-order chi connectivity index (χ1) is 16.7. The van der Waals surface area contributed by atoms with Crippen LogP contribution in [0.3, 0.4) is 0 Å². The first kappa shape index (κ1) is 27.0. The molecule has 0 aromatic heterocycles. The van der Waals surface area contributed by atoms with Crippen molar-refractivity contribution in [1.29, 1.82) is 0 Å². The molecule has 8 nitrogen and oxygen atoms in total. The van der Waals surface area contributed by atoms with Crippen molar-refractivity contribution in [3.63, 3.8) is 0 Å². The summed E-state index contributed by atoms with van der Waals surface area (Å²) < 4.78 is 22.6. The van der Waals surface area contributed by atoms with Crippen molar-refractivity contribution in [3.8, 4) is 5.75 Å². The summed E-state index contributed by atoms with van der Waals surface area (Å²) in [5.74, 6) is -0.339. The normalized spacial score (nSPS) is 24.0. The fourth-order valence-electron chi connectivity index (χ4n) is 4.08. The minimum absolute atomic E-state index is 0.457. The molecule has 190 valence electrons. The van der Waals surface area contributed by atoms with E-state index in [1.807, 2.05) is 49.4 Å². The SMILES string of the molecule is CS[C@H]1O[C@@H](c2ccc(C)c(Cc3ccc(OCCN)cc3)c2)[C@H](OC(C)=O)[C@@H](O)[C@@H]1OC(C)=O. The number of thioether (sulfide) groups is 1. The Bertz CT molecular complexity index is 1010. The Hall–Kier alpha value is -2.59. The largest absolute Gasteiger partial charge is 0.492 e. The highest BCUT2D eigenvalue weighted by Gasteiger charge is 2.49. The summed E-state index contributed by atoms with van der Waals surface area (Å²) in [4.78, 5) is 23.5. The van der Waals surface area contributed by atoms with Crippen LogP contribution in [0.4, 0.5) is 0 Å². The zero-order chi connectivity index (χ0) is 25.5. The van der Waals surface area contributed by atoms with Crippen LogP contribution in [-0.4, -0.2) is 60.2 Å². The monoisotopic (exact) mass is 503 g/mol. The predicted octanol–water partition coefficient (Wildman–Crippen LogP) is 2.91. The summed E-state index contributed by atoms with van der Waals surface area (Å²) in [6.45, 7) is 5.48. The molecule has 0 radical (unpaired) electrons. The third-order valence-corrected chi connectivity index (χ3v) is 6.61. The molecule has 0 bridgehead atoms. The maximum absolute atomic E-state index is 11.9. The Balaban J connectivity index is 1.88.